The van der Waals surface area contributed by atoms with Gasteiger partial charge in [0.25, 0.3) is 0 Å². The molecule has 0 bridgehead atoms. The molecular formula is C13H13F4NO. The molecule has 3 rings (SSSR count). The van der Waals surface area contributed by atoms with E-state index < -0.39 is 17.6 Å². The van der Waals surface area contributed by atoms with E-state index in [2.05, 4.69) is 5.32 Å². The lowest BCUT2D eigenvalue weighted by atomic mass is 9.63. The molecule has 6 heteroatoms. The van der Waals surface area contributed by atoms with Gasteiger partial charge in [-0.25, -0.2) is 4.39 Å². The molecule has 1 aliphatic heterocycles. The average molecular weight is 275 g/mol. The minimum absolute atomic E-state index is 0.0895. The molecule has 1 heterocycles. The van der Waals surface area contributed by atoms with Crippen LogP contribution in [0.4, 0.5) is 17.6 Å². The van der Waals surface area contributed by atoms with E-state index in [0.29, 0.717) is 6.07 Å². The molecule has 0 amide bonds. The first-order valence-electron chi connectivity index (χ1n) is 6.12. The molecule has 1 N–H and O–H groups in total. The van der Waals surface area contributed by atoms with Crippen LogP contribution in [0.5, 0.6) is 5.75 Å². The smallest absolute Gasteiger partial charge is 0.416 e. The van der Waals surface area contributed by atoms with Crippen LogP contribution >= 0.6 is 0 Å². The fraction of sp³-hybridized carbons (Fsp3) is 0.538. The largest absolute Gasteiger partial charge is 0.487 e. The Bertz CT molecular complexity index is 488. The van der Waals surface area contributed by atoms with Crippen molar-refractivity contribution in [2.45, 2.75) is 25.1 Å². The second kappa shape index (κ2) is 4.10. The van der Waals surface area contributed by atoms with E-state index in [-0.39, 0.29) is 17.3 Å². The number of nitrogens with one attached hydrogen (secondary N) is 1. The van der Waals surface area contributed by atoms with Gasteiger partial charge in [-0.05, 0) is 31.0 Å². The predicted molar refractivity (Wildman–Crippen MR) is 60.4 cm³/mol. The van der Waals surface area contributed by atoms with E-state index in [4.69, 9.17) is 4.74 Å². The van der Waals surface area contributed by atoms with E-state index in [1.54, 1.807) is 0 Å². The first-order valence-corrected chi connectivity index (χ1v) is 6.12. The highest BCUT2D eigenvalue weighted by Crippen LogP contribution is 2.46. The number of rotatable bonds is 2. The minimum Gasteiger partial charge on any atom is -0.487 e. The van der Waals surface area contributed by atoms with Crippen LogP contribution in [0.15, 0.2) is 18.2 Å². The third-order valence-corrected chi connectivity index (χ3v) is 3.87. The van der Waals surface area contributed by atoms with Gasteiger partial charge in [-0.2, -0.15) is 13.2 Å². The molecule has 0 radical (unpaired) electrons. The molecule has 0 atom stereocenters. The molecule has 1 aromatic rings. The Morgan fingerprint density at radius 1 is 1.21 bits per heavy atom. The van der Waals surface area contributed by atoms with Gasteiger partial charge in [-0.3, -0.25) is 0 Å². The first-order chi connectivity index (χ1) is 8.88. The van der Waals surface area contributed by atoms with Crippen molar-refractivity contribution in [1.82, 2.24) is 5.32 Å². The first kappa shape index (κ1) is 12.7. The van der Waals surface area contributed by atoms with E-state index in [9.17, 15) is 17.6 Å². The van der Waals surface area contributed by atoms with Crippen LogP contribution in [0, 0.1) is 11.2 Å². The van der Waals surface area contributed by atoms with E-state index in [1.807, 2.05) is 0 Å². The van der Waals surface area contributed by atoms with Crippen LogP contribution in [-0.4, -0.2) is 19.2 Å². The third kappa shape index (κ3) is 2.29. The number of benzene rings is 1. The molecule has 0 unspecified atom stereocenters. The standard InChI is InChI=1S/C13H13F4NO/c14-10-3-8(13(15,16)17)1-2-11(10)19-9-4-12(5-9)6-18-7-12/h1-3,9,18H,4-7H2. The molecular weight excluding hydrogens is 262 g/mol. The van der Waals surface area contributed by atoms with Crippen molar-refractivity contribution in [2.24, 2.45) is 5.41 Å². The molecule has 104 valence electrons. The monoisotopic (exact) mass is 275 g/mol. The van der Waals surface area contributed by atoms with Crippen LogP contribution in [0.1, 0.15) is 18.4 Å². The molecule has 2 fully saturated rings. The van der Waals surface area contributed by atoms with Crippen LogP contribution < -0.4 is 10.1 Å². The van der Waals surface area contributed by atoms with Gasteiger partial charge in [0, 0.05) is 18.5 Å². The average Bonchev–Trinajstić information content (AvgIpc) is 2.20. The van der Waals surface area contributed by atoms with Crippen molar-refractivity contribution in [1.29, 1.82) is 0 Å². The lowest BCUT2D eigenvalue weighted by Crippen LogP contribution is -2.62. The second-order valence-electron chi connectivity index (χ2n) is 5.39. The lowest BCUT2D eigenvalue weighted by molar-refractivity contribution is -0.137. The van der Waals surface area contributed by atoms with Crippen molar-refractivity contribution in [3.05, 3.63) is 29.6 Å². The minimum atomic E-state index is -4.53. The highest BCUT2D eigenvalue weighted by atomic mass is 19.4. The summed E-state index contributed by atoms with van der Waals surface area (Å²) < 4.78 is 56.1. The van der Waals surface area contributed by atoms with Gasteiger partial charge in [0.2, 0.25) is 0 Å². The Morgan fingerprint density at radius 3 is 2.37 bits per heavy atom. The number of alkyl halides is 3. The maximum Gasteiger partial charge on any atom is 0.416 e. The Hall–Kier alpha value is -1.30. The van der Waals surface area contributed by atoms with E-state index >= 15 is 0 Å². The van der Waals surface area contributed by atoms with Gasteiger partial charge in [-0.1, -0.05) is 0 Å². The summed E-state index contributed by atoms with van der Waals surface area (Å²) >= 11 is 0. The van der Waals surface area contributed by atoms with Gasteiger partial charge in [-0.15, -0.1) is 0 Å². The van der Waals surface area contributed by atoms with Crippen LogP contribution in [0.25, 0.3) is 0 Å². The maximum atomic E-state index is 13.6. The second-order valence-corrected chi connectivity index (χ2v) is 5.39. The molecule has 1 saturated heterocycles. The zero-order valence-corrected chi connectivity index (χ0v) is 10.1. The fourth-order valence-electron chi connectivity index (χ4n) is 2.71. The summed E-state index contributed by atoms with van der Waals surface area (Å²) in [5.41, 5.74) is -0.710. The summed E-state index contributed by atoms with van der Waals surface area (Å²) in [6.07, 6.45) is -2.95. The summed E-state index contributed by atoms with van der Waals surface area (Å²) in [4.78, 5) is 0. The Balaban J connectivity index is 1.65. The van der Waals surface area contributed by atoms with Crippen molar-refractivity contribution < 1.29 is 22.3 Å². The highest BCUT2D eigenvalue weighted by Gasteiger charge is 2.49. The zero-order valence-electron chi connectivity index (χ0n) is 10.1. The SMILES string of the molecule is Fc1cc(C(F)(F)F)ccc1OC1CC2(CNC2)C1. The molecule has 1 aromatic carbocycles. The van der Waals surface area contributed by atoms with Crippen LogP contribution in [0.3, 0.4) is 0 Å². The molecule has 0 aromatic heterocycles. The lowest BCUT2D eigenvalue weighted by Gasteiger charge is -2.53. The quantitative estimate of drug-likeness (QED) is 0.838. The van der Waals surface area contributed by atoms with Crippen LogP contribution in [0.2, 0.25) is 0 Å². The van der Waals surface area contributed by atoms with Gasteiger partial charge in [0.1, 0.15) is 6.10 Å². The van der Waals surface area contributed by atoms with Gasteiger partial charge >= 0.3 is 6.18 Å². The van der Waals surface area contributed by atoms with Crippen molar-refractivity contribution in [3.8, 4) is 5.75 Å². The van der Waals surface area contributed by atoms with Gasteiger partial charge < -0.3 is 10.1 Å². The summed E-state index contributed by atoms with van der Waals surface area (Å²) in [5, 5.41) is 3.17. The van der Waals surface area contributed by atoms with Crippen LogP contribution in [-0.2, 0) is 6.18 Å². The normalized spacial score (nSPS) is 21.9. The number of hydrogen-bond acceptors (Lipinski definition) is 2. The summed E-state index contributed by atoms with van der Waals surface area (Å²) in [7, 11) is 0. The molecule has 1 saturated carbocycles. The fourth-order valence-corrected chi connectivity index (χ4v) is 2.71. The van der Waals surface area contributed by atoms with Gasteiger partial charge in [0.05, 0.1) is 5.56 Å². The summed E-state index contributed by atoms with van der Waals surface area (Å²) in [6, 6.07) is 2.38. The van der Waals surface area contributed by atoms with E-state index in [1.165, 1.54) is 0 Å². The topological polar surface area (TPSA) is 21.3 Å². The molecule has 2 aliphatic rings. The maximum absolute atomic E-state index is 13.6. The molecule has 1 aliphatic carbocycles. The Morgan fingerprint density at radius 2 is 1.89 bits per heavy atom. The Labute approximate surface area is 107 Å². The molecule has 1 spiro atoms. The van der Waals surface area contributed by atoms with Crippen molar-refractivity contribution in [3.63, 3.8) is 0 Å². The van der Waals surface area contributed by atoms with E-state index in [0.717, 1.165) is 38.1 Å². The highest BCUT2D eigenvalue weighted by molar-refractivity contribution is 5.31. The predicted octanol–water partition coefficient (Wildman–Crippen LogP) is 2.98. The van der Waals surface area contributed by atoms with Crippen molar-refractivity contribution in [2.75, 3.05) is 13.1 Å². The molecule has 19 heavy (non-hydrogen) atoms. The summed E-state index contributed by atoms with van der Waals surface area (Å²) in [6.45, 7) is 1.89. The number of halogens is 4. The number of ether oxygens (including phenoxy) is 1. The Kier molecular flexibility index (Phi) is 2.74. The number of hydrogen-bond donors (Lipinski definition) is 1. The zero-order chi connectivity index (χ0) is 13.7. The molecule has 2 nitrogen and oxygen atoms in total. The van der Waals surface area contributed by atoms with Gasteiger partial charge in [0.15, 0.2) is 11.6 Å². The van der Waals surface area contributed by atoms with Crippen molar-refractivity contribution >= 4 is 0 Å². The summed E-state index contributed by atoms with van der Waals surface area (Å²) in [5.74, 6) is -1.05. The third-order valence-electron chi connectivity index (χ3n) is 3.87.